The Morgan fingerprint density at radius 2 is 2.11 bits per heavy atom. The third-order valence-corrected chi connectivity index (χ3v) is 3.49. The number of thioether (sulfide) groups is 1. The van der Waals surface area contributed by atoms with Gasteiger partial charge in [0.15, 0.2) is 5.78 Å². The topological polar surface area (TPSA) is 58.2 Å². The standard InChI is InChI=1S/C14H20N2O2S/c1-10(9-19-3)8-15-14(18)16-13-6-4-5-12(7-13)11(2)17/h4-7,10H,8-9H2,1-3H3,(H2,15,16,18). The molecule has 104 valence electrons. The molecule has 1 atom stereocenters. The number of carbonyl (C=O) groups is 2. The molecule has 2 amide bonds. The van der Waals surface area contributed by atoms with E-state index in [2.05, 4.69) is 17.6 Å². The van der Waals surface area contributed by atoms with Crippen LogP contribution in [0.15, 0.2) is 24.3 Å². The predicted octanol–water partition coefficient (Wildman–Crippen LogP) is 3.01. The normalized spacial score (nSPS) is 11.7. The average molecular weight is 280 g/mol. The lowest BCUT2D eigenvalue weighted by Gasteiger charge is -2.12. The SMILES string of the molecule is CSCC(C)CNC(=O)Nc1cccc(C(C)=O)c1. The summed E-state index contributed by atoms with van der Waals surface area (Å²) >= 11 is 1.76. The number of carbonyl (C=O) groups excluding carboxylic acids is 2. The van der Waals surface area contributed by atoms with E-state index in [4.69, 9.17) is 0 Å². The summed E-state index contributed by atoms with van der Waals surface area (Å²) in [5.41, 5.74) is 1.22. The fraction of sp³-hybridized carbons (Fsp3) is 0.429. The Kier molecular flexibility index (Phi) is 6.42. The second-order valence-corrected chi connectivity index (χ2v) is 5.44. The molecule has 1 aromatic carbocycles. The summed E-state index contributed by atoms with van der Waals surface area (Å²) in [5, 5.41) is 5.54. The molecule has 0 spiro atoms. The zero-order valence-electron chi connectivity index (χ0n) is 11.5. The lowest BCUT2D eigenvalue weighted by atomic mass is 10.1. The van der Waals surface area contributed by atoms with E-state index in [9.17, 15) is 9.59 Å². The lowest BCUT2D eigenvalue weighted by Crippen LogP contribution is -2.33. The molecule has 4 nitrogen and oxygen atoms in total. The van der Waals surface area contributed by atoms with Crippen LogP contribution in [0.1, 0.15) is 24.2 Å². The van der Waals surface area contributed by atoms with Gasteiger partial charge in [-0.3, -0.25) is 4.79 Å². The summed E-state index contributed by atoms with van der Waals surface area (Å²) in [7, 11) is 0. The Morgan fingerprint density at radius 1 is 1.37 bits per heavy atom. The van der Waals surface area contributed by atoms with E-state index in [-0.39, 0.29) is 11.8 Å². The molecule has 2 N–H and O–H groups in total. The molecule has 0 radical (unpaired) electrons. The van der Waals surface area contributed by atoms with Gasteiger partial charge in [-0.1, -0.05) is 19.1 Å². The molecule has 0 aliphatic heterocycles. The number of rotatable bonds is 6. The zero-order valence-corrected chi connectivity index (χ0v) is 12.3. The number of Topliss-reactive ketones (excluding diaryl/α,β-unsaturated/α-hetero) is 1. The highest BCUT2D eigenvalue weighted by Crippen LogP contribution is 2.11. The van der Waals surface area contributed by atoms with Crippen LogP contribution < -0.4 is 10.6 Å². The van der Waals surface area contributed by atoms with E-state index >= 15 is 0 Å². The van der Waals surface area contributed by atoms with E-state index in [0.29, 0.717) is 23.7 Å². The van der Waals surface area contributed by atoms with Gasteiger partial charge in [0.25, 0.3) is 0 Å². The van der Waals surface area contributed by atoms with Crippen LogP contribution >= 0.6 is 11.8 Å². The van der Waals surface area contributed by atoms with Crippen LogP contribution in [0, 0.1) is 5.92 Å². The predicted molar refractivity (Wildman–Crippen MR) is 81.0 cm³/mol. The second-order valence-electron chi connectivity index (χ2n) is 4.53. The quantitative estimate of drug-likeness (QED) is 0.788. The molecule has 0 bridgehead atoms. The van der Waals surface area contributed by atoms with Crippen molar-refractivity contribution in [1.82, 2.24) is 5.32 Å². The van der Waals surface area contributed by atoms with Crippen molar-refractivity contribution in [2.45, 2.75) is 13.8 Å². The van der Waals surface area contributed by atoms with Gasteiger partial charge in [0.1, 0.15) is 0 Å². The number of hydrogen-bond acceptors (Lipinski definition) is 3. The summed E-state index contributed by atoms with van der Waals surface area (Å²) in [6.45, 7) is 4.23. The maximum Gasteiger partial charge on any atom is 0.319 e. The fourth-order valence-electron chi connectivity index (χ4n) is 1.60. The van der Waals surface area contributed by atoms with Gasteiger partial charge in [-0.25, -0.2) is 4.79 Å². The van der Waals surface area contributed by atoms with Gasteiger partial charge in [-0.05, 0) is 37.0 Å². The molecular weight excluding hydrogens is 260 g/mol. The molecule has 0 fully saturated rings. The monoisotopic (exact) mass is 280 g/mol. The maximum atomic E-state index is 11.7. The first-order valence-electron chi connectivity index (χ1n) is 6.17. The number of hydrogen-bond donors (Lipinski definition) is 2. The minimum absolute atomic E-state index is 0.0161. The van der Waals surface area contributed by atoms with Gasteiger partial charge < -0.3 is 10.6 Å². The highest BCUT2D eigenvalue weighted by molar-refractivity contribution is 7.98. The van der Waals surface area contributed by atoms with Crippen molar-refractivity contribution in [3.8, 4) is 0 Å². The van der Waals surface area contributed by atoms with Gasteiger partial charge in [0.05, 0.1) is 0 Å². The minimum Gasteiger partial charge on any atom is -0.338 e. The molecule has 0 saturated carbocycles. The number of urea groups is 1. The minimum atomic E-state index is -0.242. The first kappa shape index (κ1) is 15.6. The Balaban J connectivity index is 2.48. The Hall–Kier alpha value is -1.49. The molecule has 19 heavy (non-hydrogen) atoms. The number of ketones is 1. The van der Waals surface area contributed by atoms with Gasteiger partial charge in [-0.15, -0.1) is 0 Å². The van der Waals surface area contributed by atoms with Crippen molar-refractivity contribution in [3.63, 3.8) is 0 Å². The molecule has 1 aromatic rings. The van der Waals surface area contributed by atoms with Gasteiger partial charge in [0.2, 0.25) is 0 Å². The smallest absolute Gasteiger partial charge is 0.319 e. The van der Waals surface area contributed by atoms with Crippen LogP contribution in [0.2, 0.25) is 0 Å². The van der Waals surface area contributed by atoms with E-state index < -0.39 is 0 Å². The third-order valence-electron chi connectivity index (χ3n) is 2.59. The van der Waals surface area contributed by atoms with Gasteiger partial charge >= 0.3 is 6.03 Å². The first-order valence-corrected chi connectivity index (χ1v) is 7.57. The van der Waals surface area contributed by atoms with Crippen molar-refractivity contribution < 1.29 is 9.59 Å². The van der Waals surface area contributed by atoms with Crippen LogP contribution in [0.4, 0.5) is 10.5 Å². The van der Waals surface area contributed by atoms with E-state index in [1.165, 1.54) is 6.92 Å². The van der Waals surface area contributed by atoms with Gasteiger partial charge in [-0.2, -0.15) is 11.8 Å². The van der Waals surface area contributed by atoms with Crippen LogP contribution in [0.3, 0.4) is 0 Å². The van der Waals surface area contributed by atoms with Crippen LogP contribution in [0.25, 0.3) is 0 Å². The van der Waals surface area contributed by atoms with Crippen LogP contribution in [-0.2, 0) is 0 Å². The summed E-state index contributed by atoms with van der Waals surface area (Å²) in [6.07, 6.45) is 2.05. The van der Waals surface area contributed by atoms with E-state index in [0.717, 1.165) is 5.75 Å². The average Bonchev–Trinajstić information content (AvgIpc) is 2.37. The molecular formula is C14H20N2O2S. The summed E-state index contributed by atoms with van der Waals surface area (Å²) in [6, 6.07) is 6.67. The fourth-order valence-corrected chi connectivity index (χ4v) is 2.29. The highest BCUT2D eigenvalue weighted by atomic mass is 32.2. The van der Waals surface area contributed by atoms with Crippen molar-refractivity contribution in [2.24, 2.45) is 5.92 Å². The Morgan fingerprint density at radius 3 is 2.74 bits per heavy atom. The molecule has 0 saturated heterocycles. The first-order chi connectivity index (χ1) is 9.02. The number of anilines is 1. The van der Waals surface area contributed by atoms with Gasteiger partial charge in [0, 0.05) is 17.8 Å². The van der Waals surface area contributed by atoms with E-state index in [1.807, 2.05) is 6.26 Å². The zero-order chi connectivity index (χ0) is 14.3. The Labute approximate surface area is 118 Å². The molecule has 0 aliphatic carbocycles. The molecule has 0 aromatic heterocycles. The number of amides is 2. The molecule has 0 aliphatic rings. The number of nitrogens with one attached hydrogen (secondary N) is 2. The van der Waals surface area contributed by atoms with Crippen molar-refractivity contribution >= 4 is 29.3 Å². The second kappa shape index (κ2) is 7.84. The van der Waals surface area contributed by atoms with Crippen molar-refractivity contribution in [2.75, 3.05) is 23.9 Å². The Bertz CT molecular complexity index is 449. The van der Waals surface area contributed by atoms with E-state index in [1.54, 1.807) is 36.0 Å². The van der Waals surface area contributed by atoms with Crippen molar-refractivity contribution in [1.29, 1.82) is 0 Å². The summed E-state index contributed by atoms with van der Waals surface area (Å²) in [5.74, 6) is 1.43. The van der Waals surface area contributed by atoms with Crippen molar-refractivity contribution in [3.05, 3.63) is 29.8 Å². The molecule has 5 heteroatoms. The largest absolute Gasteiger partial charge is 0.338 e. The van der Waals surface area contributed by atoms with Crippen LogP contribution in [-0.4, -0.2) is 30.4 Å². The summed E-state index contributed by atoms with van der Waals surface area (Å²) < 4.78 is 0. The molecule has 1 unspecified atom stereocenters. The molecule has 0 heterocycles. The lowest BCUT2D eigenvalue weighted by molar-refractivity contribution is 0.101. The maximum absolute atomic E-state index is 11.7. The third kappa shape index (κ3) is 5.79. The highest BCUT2D eigenvalue weighted by Gasteiger charge is 2.06. The summed E-state index contributed by atoms with van der Waals surface area (Å²) in [4.78, 5) is 22.9. The number of benzene rings is 1. The molecule has 1 rings (SSSR count). The van der Waals surface area contributed by atoms with Crippen LogP contribution in [0.5, 0.6) is 0 Å².